The van der Waals surface area contributed by atoms with Crippen molar-refractivity contribution in [2.45, 2.75) is 24.2 Å². The van der Waals surface area contributed by atoms with Crippen molar-refractivity contribution in [1.29, 1.82) is 0 Å². The van der Waals surface area contributed by atoms with Crippen LogP contribution in [-0.4, -0.2) is 33.6 Å². The highest BCUT2D eigenvalue weighted by Gasteiger charge is 2.22. The number of rotatable bonds is 4. The molecule has 1 aliphatic heterocycles. The van der Waals surface area contributed by atoms with E-state index in [9.17, 15) is 12.8 Å². The third-order valence-corrected chi connectivity index (χ3v) is 4.52. The number of anilines is 1. The molecule has 0 aliphatic carbocycles. The average molecular weight is 303 g/mol. The smallest absolute Gasteiger partial charge is 0.253 e. The molecule has 0 saturated carbocycles. The van der Waals surface area contributed by atoms with E-state index in [-0.39, 0.29) is 16.3 Å². The van der Waals surface area contributed by atoms with Gasteiger partial charge in [0.05, 0.1) is 17.7 Å². The summed E-state index contributed by atoms with van der Waals surface area (Å²) >= 11 is 0. The highest BCUT2D eigenvalue weighted by atomic mass is 32.2. The first kappa shape index (κ1) is 15.0. The summed E-state index contributed by atoms with van der Waals surface area (Å²) in [5.41, 5.74) is 5.54. The van der Waals surface area contributed by atoms with E-state index in [2.05, 4.69) is 4.83 Å². The lowest BCUT2D eigenvalue weighted by Crippen LogP contribution is -2.44. The topological polar surface area (TPSA) is 84.7 Å². The molecule has 1 aliphatic rings. The largest absolute Gasteiger partial charge is 0.492 e. The van der Waals surface area contributed by atoms with Crippen LogP contribution in [0.1, 0.15) is 19.3 Å². The number of hydrogen-bond donors (Lipinski definition) is 2. The Kier molecular flexibility index (Phi) is 4.46. The molecule has 6 nitrogen and oxygen atoms in total. The molecule has 0 bridgehead atoms. The molecule has 2 rings (SSSR count). The molecule has 0 amide bonds. The fourth-order valence-corrected chi connectivity index (χ4v) is 3.34. The van der Waals surface area contributed by atoms with Crippen molar-refractivity contribution in [2.75, 3.05) is 25.9 Å². The van der Waals surface area contributed by atoms with Gasteiger partial charge in [-0.05, 0) is 25.0 Å². The van der Waals surface area contributed by atoms with E-state index in [0.29, 0.717) is 13.1 Å². The van der Waals surface area contributed by atoms with E-state index in [0.717, 1.165) is 25.3 Å². The molecule has 0 aromatic heterocycles. The Balaban J connectivity index is 2.25. The normalized spacial score (nSPS) is 17.1. The molecule has 1 heterocycles. The summed E-state index contributed by atoms with van der Waals surface area (Å²) in [6.07, 6.45) is 2.95. The number of halogens is 1. The Morgan fingerprint density at radius 1 is 1.30 bits per heavy atom. The lowest BCUT2D eigenvalue weighted by molar-refractivity contribution is 0.200. The number of nitrogen functional groups attached to an aromatic ring is 1. The highest BCUT2D eigenvalue weighted by Crippen LogP contribution is 2.28. The van der Waals surface area contributed by atoms with Crippen molar-refractivity contribution in [2.24, 2.45) is 0 Å². The molecule has 0 unspecified atom stereocenters. The minimum Gasteiger partial charge on any atom is -0.492 e. The fourth-order valence-electron chi connectivity index (χ4n) is 2.17. The van der Waals surface area contributed by atoms with E-state index in [1.165, 1.54) is 13.2 Å². The summed E-state index contributed by atoms with van der Waals surface area (Å²) in [6, 6.07) is 2.09. The molecule has 20 heavy (non-hydrogen) atoms. The maximum atomic E-state index is 13.7. The molecule has 1 aromatic rings. The zero-order valence-corrected chi connectivity index (χ0v) is 12.0. The quantitative estimate of drug-likeness (QED) is 0.814. The number of nitrogens with two attached hydrogens (primary N) is 1. The van der Waals surface area contributed by atoms with Crippen molar-refractivity contribution in [3.05, 3.63) is 17.9 Å². The number of benzene rings is 1. The van der Waals surface area contributed by atoms with E-state index in [4.69, 9.17) is 10.5 Å². The van der Waals surface area contributed by atoms with Gasteiger partial charge in [0.15, 0.2) is 11.6 Å². The van der Waals surface area contributed by atoms with Crippen LogP contribution in [0, 0.1) is 5.82 Å². The van der Waals surface area contributed by atoms with Gasteiger partial charge in [0.25, 0.3) is 10.0 Å². The zero-order valence-electron chi connectivity index (χ0n) is 11.2. The Morgan fingerprint density at radius 3 is 2.50 bits per heavy atom. The number of sulfonamides is 1. The third kappa shape index (κ3) is 3.20. The van der Waals surface area contributed by atoms with Crippen molar-refractivity contribution in [3.63, 3.8) is 0 Å². The Morgan fingerprint density at radius 2 is 1.95 bits per heavy atom. The predicted molar refractivity (Wildman–Crippen MR) is 73.1 cm³/mol. The maximum absolute atomic E-state index is 13.7. The summed E-state index contributed by atoms with van der Waals surface area (Å²) in [6.45, 7) is 1.29. The summed E-state index contributed by atoms with van der Waals surface area (Å²) < 4.78 is 42.9. The van der Waals surface area contributed by atoms with Crippen LogP contribution in [0.3, 0.4) is 0 Å². The van der Waals surface area contributed by atoms with Crippen LogP contribution < -0.4 is 15.3 Å². The van der Waals surface area contributed by atoms with Crippen LogP contribution in [0.4, 0.5) is 10.1 Å². The first-order chi connectivity index (χ1) is 9.44. The summed E-state index contributed by atoms with van der Waals surface area (Å²) in [4.78, 5) is 2.24. The second kappa shape index (κ2) is 5.94. The van der Waals surface area contributed by atoms with Gasteiger partial charge in [-0.25, -0.2) is 17.8 Å². The van der Waals surface area contributed by atoms with Gasteiger partial charge in [-0.1, -0.05) is 6.42 Å². The van der Waals surface area contributed by atoms with Gasteiger partial charge in [0.2, 0.25) is 0 Å². The van der Waals surface area contributed by atoms with E-state index in [1.807, 2.05) is 0 Å². The van der Waals surface area contributed by atoms with Crippen molar-refractivity contribution in [3.8, 4) is 5.75 Å². The molecule has 1 saturated heterocycles. The second-order valence-electron chi connectivity index (χ2n) is 4.67. The van der Waals surface area contributed by atoms with Crippen LogP contribution in [0.15, 0.2) is 17.0 Å². The fraction of sp³-hybridized carbons (Fsp3) is 0.500. The number of ether oxygens (including phenoxy) is 1. The monoisotopic (exact) mass is 303 g/mol. The van der Waals surface area contributed by atoms with Gasteiger partial charge in [-0.3, -0.25) is 0 Å². The summed E-state index contributed by atoms with van der Waals surface area (Å²) in [5.74, 6) is -0.951. The number of nitrogens with one attached hydrogen (secondary N) is 1. The lowest BCUT2D eigenvalue weighted by atomic mass is 10.2. The first-order valence-electron chi connectivity index (χ1n) is 6.34. The molecular weight excluding hydrogens is 285 g/mol. The van der Waals surface area contributed by atoms with Crippen LogP contribution >= 0.6 is 0 Å². The second-order valence-corrected chi connectivity index (χ2v) is 6.33. The molecular formula is C12H18FN3O3S. The van der Waals surface area contributed by atoms with E-state index in [1.54, 1.807) is 5.01 Å². The molecule has 0 radical (unpaired) electrons. The third-order valence-electron chi connectivity index (χ3n) is 3.17. The van der Waals surface area contributed by atoms with Crippen LogP contribution in [0.5, 0.6) is 5.75 Å². The highest BCUT2D eigenvalue weighted by molar-refractivity contribution is 7.89. The van der Waals surface area contributed by atoms with Crippen LogP contribution in [0.25, 0.3) is 0 Å². The summed E-state index contributed by atoms with van der Waals surface area (Å²) in [7, 11) is -2.56. The van der Waals surface area contributed by atoms with Gasteiger partial charge in [0, 0.05) is 13.1 Å². The maximum Gasteiger partial charge on any atom is 0.253 e. The van der Waals surface area contributed by atoms with Crippen LogP contribution in [0.2, 0.25) is 0 Å². The number of hydrazine groups is 1. The molecule has 8 heteroatoms. The lowest BCUT2D eigenvalue weighted by Gasteiger charge is -2.26. The zero-order chi connectivity index (χ0) is 14.8. The van der Waals surface area contributed by atoms with Crippen molar-refractivity contribution >= 4 is 15.7 Å². The molecule has 112 valence electrons. The van der Waals surface area contributed by atoms with Gasteiger partial charge in [-0.15, -0.1) is 4.83 Å². The first-order valence-corrected chi connectivity index (χ1v) is 7.83. The SMILES string of the molecule is COc1c(N)cc(S(=O)(=O)NN2CCCCC2)cc1F. The van der Waals surface area contributed by atoms with Crippen molar-refractivity contribution < 1.29 is 17.5 Å². The average Bonchev–Trinajstić information content (AvgIpc) is 2.39. The van der Waals surface area contributed by atoms with Crippen LogP contribution in [-0.2, 0) is 10.0 Å². The van der Waals surface area contributed by atoms with E-state index >= 15 is 0 Å². The Hall–Kier alpha value is -1.38. The Bertz CT molecular complexity index is 563. The number of nitrogens with zero attached hydrogens (tertiary/aromatic N) is 1. The minimum atomic E-state index is -3.83. The molecule has 0 spiro atoms. The number of methoxy groups -OCH3 is 1. The summed E-state index contributed by atoms with van der Waals surface area (Å²) in [5, 5.41) is 1.62. The standard InChI is InChI=1S/C12H18FN3O3S/c1-19-12-10(13)7-9(8-11(12)14)20(17,18)15-16-5-3-2-4-6-16/h7-8,15H,2-6,14H2,1H3. The van der Waals surface area contributed by atoms with Gasteiger partial charge < -0.3 is 10.5 Å². The predicted octanol–water partition coefficient (Wildman–Crippen LogP) is 1.10. The molecule has 1 fully saturated rings. The Labute approximate surface area is 117 Å². The minimum absolute atomic E-state index is 0.0495. The molecule has 3 N–H and O–H groups in total. The van der Waals surface area contributed by atoms with Gasteiger partial charge in [-0.2, -0.15) is 0 Å². The number of hydrogen-bond acceptors (Lipinski definition) is 5. The van der Waals surface area contributed by atoms with Gasteiger partial charge in [0.1, 0.15) is 0 Å². The van der Waals surface area contributed by atoms with Crippen molar-refractivity contribution in [1.82, 2.24) is 9.84 Å². The number of piperidine rings is 1. The van der Waals surface area contributed by atoms with Gasteiger partial charge >= 0.3 is 0 Å². The molecule has 1 aromatic carbocycles. The molecule has 0 atom stereocenters. The van der Waals surface area contributed by atoms with E-state index < -0.39 is 15.8 Å².